The minimum absolute atomic E-state index is 0.160. The molecular formula is C20H28N2O7S. The number of amides is 1. The van der Waals surface area contributed by atoms with Gasteiger partial charge in [0, 0.05) is 11.3 Å². The summed E-state index contributed by atoms with van der Waals surface area (Å²) in [6.45, 7) is 5.58. The highest BCUT2D eigenvalue weighted by atomic mass is 32.1. The average molecular weight is 441 g/mol. The number of hydrogen-bond donors (Lipinski definition) is 3. The van der Waals surface area contributed by atoms with Crippen molar-refractivity contribution in [3.05, 3.63) is 29.8 Å². The zero-order chi connectivity index (χ0) is 23.1. The van der Waals surface area contributed by atoms with Crippen molar-refractivity contribution >= 4 is 35.1 Å². The number of carbonyl (C=O) groups excluding carboxylic acids is 2. The number of hydrogen-bond acceptors (Lipinski definition) is 8. The first-order valence-corrected chi connectivity index (χ1v) is 9.60. The Morgan fingerprint density at radius 1 is 1.27 bits per heavy atom. The van der Waals surface area contributed by atoms with E-state index in [1.165, 1.54) is 24.1 Å². The lowest BCUT2D eigenvalue weighted by atomic mass is 10.1. The second-order valence-electron chi connectivity index (χ2n) is 7.71. The number of ether oxygens (including phenoxy) is 2. The monoisotopic (exact) mass is 440 g/mol. The van der Waals surface area contributed by atoms with Gasteiger partial charge in [0.2, 0.25) is 0 Å². The van der Waals surface area contributed by atoms with E-state index >= 15 is 0 Å². The zero-order valence-electron chi connectivity index (χ0n) is 17.5. The topological polar surface area (TPSA) is 139 Å². The fourth-order valence-corrected chi connectivity index (χ4v) is 2.82. The van der Waals surface area contributed by atoms with Gasteiger partial charge < -0.3 is 25.4 Å². The van der Waals surface area contributed by atoms with Gasteiger partial charge in [0.15, 0.2) is 0 Å². The van der Waals surface area contributed by atoms with E-state index in [1.54, 1.807) is 32.9 Å². The number of carbonyl (C=O) groups is 3. The maximum atomic E-state index is 11.9. The van der Waals surface area contributed by atoms with Crippen molar-refractivity contribution in [2.45, 2.75) is 51.3 Å². The summed E-state index contributed by atoms with van der Waals surface area (Å²) in [6.07, 6.45) is 0.101. The minimum Gasteiger partial charge on any atom is -0.508 e. The summed E-state index contributed by atoms with van der Waals surface area (Å²) in [5, 5.41) is 17.5. The van der Waals surface area contributed by atoms with E-state index in [0.29, 0.717) is 11.3 Å². The molecule has 0 radical (unpaired) electrons. The number of likely N-dealkylation sites (tertiary alicyclic amines) is 1. The molecule has 0 aliphatic carbocycles. The van der Waals surface area contributed by atoms with Crippen molar-refractivity contribution in [1.82, 2.24) is 4.90 Å². The second kappa shape index (κ2) is 10.9. The van der Waals surface area contributed by atoms with Crippen molar-refractivity contribution in [3.8, 4) is 5.75 Å². The SMILES string of the molecule is COC(=O)[C@@H]1CC(=S)CN1C(=O)OC(C)(C)C.N[C@@H](Cc1ccc(O)cc1)C(=O)O. The molecule has 0 saturated carbocycles. The number of aromatic hydroxyl groups is 1. The molecule has 0 unspecified atom stereocenters. The highest BCUT2D eigenvalue weighted by molar-refractivity contribution is 7.80. The first kappa shape index (κ1) is 25.3. The molecule has 1 fully saturated rings. The summed E-state index contributed by atoms with van der Waals surface area (Å²) in [5.41, 5.74) is 5.53. The number of carboxylic acid groups (broad SMARTS) is 1. The van der Waals surface area contributed by atoms with Crippen LogP contribution in [0.25, 0.3) is 0 Å². The third kappa shape index (κ3) is 8.34. The fraction of sp³-hybridized carbons (Fsp3) is 0.500. The van der Waals surface area contributed by atoms with E-state index in [1.807, 2.05) is 0 Å². The van der Waals surface area contributed by atoms with E-state index in [-0.39, 0.29) is 18.7 Å². The number of methoxy groups -OCH3 is 1. The van der Waals surface area contributed by atoms with Gasteiger partial charge in [-0.15, -0.1) is 0 Å². The van der Waals surface area contributed by atoms with E-state index in [2.05, 4.69) is 4.74 Å². The van der Waals surface area contributed by atoms with Gasteiger partial charge in [-0.25, -0.2) is 9.59 Å². The van der Waals surface area contributed by atoms with Gasteiger partial charge in [0.25, 0.3) is 0 Å². The quantitative estimate of drug-likeness (QED) is 0.473. The number of carboxylic acids is 1. The third-order valence-electron chi connectivity index (χ3n) is 3.95. The van der Waals surface area contributed by atoms with Crippen LogP contribution in [0.3, 0.4) is 0 Å². The Balaban J connectivity index is 0.000000311. The molecule has 1 heterocycles. The van der Waals surface area contributed by atoms with E-state index in [0.717, 1.165) is 5.56 Å². The maximum absolute atomic E-state index is 11.9. The van der Waals surface area contributed by atoms with Crippen molar-refractivity contribution < 1.29 is 34.1 Å². The summed E-state index contributed by atoms with van der Waals surface area (Å²) in [5.74, 6) is -1.32. The van der Waals surface area contributed by atoms with Gasteiger partial charge in [-0.1, -0.05) is 24.4 Å². The van der Waals surface area contributed by atoms with Gasteiger partial charge in [0.05, 0.1) is 13.7 Å². The van der Waals surface area contributed by atoms with E-state index in [4.69, 9.17) is 32.9 Å². The van der Waals surface area contributed by atoms with Crippen LogP contribution >= 0.6 is 12.2 Å². The molecule has 30 heavy (non-hydrogen) atoms. The van der Waals surface area contributed by atoms with E-state index in [9.17, 15) is 14.4 Å². The van der Waals surface area contributed by atoms with Crippen LogP contribution in [0.2, 0.25) is 0 Å². The summed E-state index contributed by atoms with van der Waals surface area (Å²) in [7, 11) is 1.29. The molecule has 2 atom stereocenters. The zero-order valence-corrected chi connectivity index (χ0v) is 18.3. The summed E-state index contributed by atoms with van der Waals surface area (Å²) < 4.78 is 9.86. The van der Waals surface area contributed by atoms with Gasteiger partial charge in [0.1, 0.15) is 23.4 Å². The first-order chi connectivity index (χ1) is 13.8. The third-order valence-corrected chi connectivity index (χ3v) is 4.25. The Kier molecular flexibility index (Phi) is 9.19. The molecule has 0 bridgehead atoms. The highest BCUT2D eigenvalue weighted by Gasteiger charge is 2.39. The van der Waals surface area contributed by atoms with Crippen LogP contribution in [0.4, 0.5) is 4.79 Å². The number of nitrogens with two attached hydrogens (primary N) is 1. The molecule has 0 spiro atoms. The highest BCUT2D eigenvalue weighted by Crippen LogP contribution is 2.20. The van der Waals surface area contributed by atoms with Crippen molar-refractivity contribution in [3.63, 3.8) is 0 Å². The summed E-state index contributed by atoms with van der Waals surface area (Å²) in [4.78, 5) is 35.8. The Labute approximate surface area is 180 Å². The molecule has 166 valence electrons. The van der Waals surface area contributed by atoms with Crippen molar-refractivity contribution in [1.29, 1.82) is 0 Å². The molecule has 1 amide bonds. The predicted octanol–water partition coefficient (Wildman–Crippen LogP) is 1.89. The molecule has 1 aliphatic heterocycles. The van der Waals surface area contributed by atoms with Crippen LogP contribution in [-0.4, -0.2) is 69.3 Å². The number of aliphatic carboxylic acids is 1. The number of thiocarbonyl (C=S) groups is 1. The molecule has 2 rings (SSSR count). The van der Waals surface area contributed by atoms with Gasteiger partial charge in [-0.3, -0.25) is 9.69 Å². The Bertz CT molecular complexity index is 774. The predicted molar refractivity (Wildman–Crippen MR) is 113 cm³/mol. The van der Waals surface area contributed by atoms with Crippen molar-refractivity contribution in [2.24, 2.45) is 5.73 Å². The number of nitrogens with zero attached hydrogens (tertiary/aromatic N) is 1. The first-order valence-electron chi connectivity index (χ1n) is 9.19. The second-order valence-corrected chi connectivity index (χ2v) is 8.28. The number of benzene rings is 1. The molecule has 0 aromatic heterocycles. The van der Waals surface area contributed by atoms with Crippen LogP contribution in [-0.2, 0) is 25.5 Å². The standard InChI is InChI=1S/C11H17NO4S.C9H11NO3/c1-11(2,3)16-10(14)12-6-7(17)5-8(12)9(13)15-4;10-8(9(12)13)5-6-1-3-7(11)4-2-6/h8H,5-6H2,1-4H3;1-4,8,11H,5,10H2,(H,12,13)/t2*8-/m00/s1. The summed E-state index contributed by atoms with van der Waals surface area (Å²) in [6, 6.07) is 4.77. The molecule has 4 N–H and O–H groups in total. The van der Waals surface area contributed by atoms with Crippen LogP contribution in [0.15, 0.2) is 24.3 Å². The molecule has 1 aromatic carbocycles. The van der Waals surface area contributed by atoms with Gasteiger partial charge in [-0.2, -0.15) is 0 Å². The molecular weight excluding hydrogens is 412 g/mol. The molecule has 9 nitrogen and oxygen atoms in total. The Morgan fingerprint density at radius 3 is 2.30 bits per heavy atom. The lowest BCUT2D eigenvalue weighted by Gasteiger charge is -2.26. The van der Waals surface area contributed by atoms with Crippen LogP contribution in [0, 0.1) is 0 Å². The Hall–Kier alpha value is -2.72. The van der Waals surface area contributed by atoms with Gasteiger partial charge in [-0.05, 0) is 44.9 Å². The maximum Gasteiger partial charge on any atom is 0.411 e. The largest absolute Gasteiger partial charge is 0.508 e. The lowest BCUT2D eigenvalue weighted by molar-refractivity contribution is -0.145. The number of phenols is 1. The molecule has 10 heteroatoms. The summed E-state index contributed by atoms with van der Waals surface area (Å²) >= 11 is 5.04. The average Bonchev–Trinajstić information content (AvgIpc) is 3.04. The molecule has 1 aromatic rings. The van der Waals surface area contributed by atoms with E-state index < -0.39 is 35.7 Å². The number of rotatable bonds is 4. The van der Waals surface area contributed by atoms with Crippen LogP contribution in [0.1, 0.15) is 32.8 Å². The fourth-order valence-electron chi connectivity index (χ4n) is 2.52. The smallest absolute Gasteiger partial charge is 0.411 e. The van der Waals surface area contributed by atoms with Crippen LogP contribution in [0.5, 0.6) is 5.75 Å². The van der Waals surface area contributed by atoms with Gasteiger partial charge >= 0.3 is 18.0 Å². The van der Waals surface area contributed by atoms with Crippen molar-refractivity contribution in [2.75, 3.05) is 13.7 Å². The minimum atomic E-state index is -1.02. The normalized spacial score (nSPS) is 16.9. The van der Waals surface area contributed by atoms with Crippen LogP contribution < -0.4 is 5.73 Å². The lowest BCUT2D eigenvalue weighted by Crippen LogP contribution is -2.43. The Morgan fingerprint density at radius 2 is 1.83 bits per heavy atom. The molecule has 1 saturated heterocycles. The number of esters is 1. The molecule has 1 aliphatic rings. The number of phenolic OH excluding ortho intramolecular Hbond substituents is 1.